The molecule has 8 heteroatoms. The molecule has 2 aliphatic rings. The molecule has 0 aromatic heterocycles. The third kappa shape index (κ3) is 4.42. The van der Waals surface area contributed by atoms with Gasteiger partial charge in [-0.3, -0.25) is 9.59 Å². The smallest absolute Gasteiger partial charge is 0.408 e. The average Bonchev–Trinajstić information content (AvgIpc) is 2.61. The number of nitrogens with one attached hydrogen (secondary N) is 2. The van der Waals surface area contributed by atoms with Crippen molar-refractivity contribution in [2.24, 2.45) is 5.92 Å². The van der Waals surface area contributed by atoms with Gasteiger partial charge in [-0.15, -0.1) is 0 Å². The third-order valence-corrected chi connectivity index (χ3v) is 5.35. The molecule has 2 amide bonds. The quantitative estimate of drug-likeness (QED) is 0.762. The summed E-state index contributed by atoms with van der Waals surface area (Å²) < 4.78 is 44.4. The van der Waals surface area contributed by atoms with Gasteiger partial charge in [0, 0.05) is 12.0 Å². The topological polar surface area (TPSA) is 67.4 Å². The van der Waals surface area contributed by atoms with E-state index in [4.69, 9.17) is 4.74 Å². The first kappa shape index (κ1) is 20.5. The zero-order valence-corrected chi connectivity index (χ0v) is 15.9. The van der Waals surface area contributed by atoms with Gasteiger partial charge in [-0.2, -0.15) is 13.2 Å². The summed E-state index contributed by atoms with van der Waals surface area (Å²) in [6.07, 6.45) is -2.65. The number of halogens is 3. The van der Waals surface area contributed by atoms with Gasteiger partial charge < -0.3 is 15.4 Å². The number of aryl methyl sites for hydroxylation is 1. The van der Waals surface area contributed by atoms with E-state index < -0.39 is 30.0 Å². The summed E-state index contributed by atoms with van der Waals surface area (Å²) in [5.74, 6) is -1.81. The van der Waals surface area contributed by atoms with Crippen molar-refractivity contribution in [3.8, 4) is 5.75 Å². The maximum atomic E-state index is 12.8. The van der Waals surface area contributed by atoms with E-state index in [1.807, 2.05) is 37.4 Å². The largest absolute Gasteiger partial charge is 0.490 e. The minimum atomic E-state index is -4.50. The van der Waals surface area contributed by atoms with Crippen molar-refractivity contribution in [2.45, 2.75) is 70.3 Å². The number of rotatable bonds is 4. The molecule has 0 bridgehead atoms. The molecule has 2 N–H and O–H groups in total. The molecule has 1 saturated heterocycles. The highest BCUT2D eigenvalue weighted by Crippen LogP contribution is 2.37. The Morgan fingerprint density at radius 2 is 2.07 bits per heavy atom. The molecule has 5 nitrogen and oxygen atoms in total. The van der Waals surface area contributed by atoms with E-state index in [-0.39, 0.29) is 25.0 Å². The average molecular weight is 398 g/mol. The molecule has 1 fully saturated rings. The zero-order chi connectivity index (χ0) is 20.5. The predicted octanol–water partition coefficient (Wildman–Crippen LogP) is 3.56. The molecule has 1 aromatic carbocycles. The molecule has 2 heterocycles. The molecular formula is C20H25F3N2O3. The molecule has 2 aliphatic heterocycles. The minimum Gasteiger partial charge on any atom is -0.490 e. The first-order valence-corrected chi connectivity index (χ1v) is 9.63. The Labute approximate surface area is 162 Å². The molecule has 154 valence electrons. The lowest BCUT2D eigenvalue weighted by molar-refractivity contribution is -0.171. The highest BCUT2D eigenvalue weighted by atomic mass is 19.4. The number of piperidine rings is 1. The van der Waals surface area contributed by atoms with E-state index in [1.54, 1.807) is 0 Å². The fraction of sp³-hybridized carbons (Fsp3) is 0.600. The van der Waals surface area contributed by atoms with Crippen LogP contribution in [-0.4, -0.2) is 30.1 Å². The Morgan fingerprint density at radius 3 is 2.71 bits per heavy atom. The number of benzene rings is 1. The Hall–Kier alpha value is -2.25. The number of hydrogen-bond donors (Lipinski definition) is 2. The van der Waals surface area contributed by atoms with Crippen molar-refractivity contribution in [3.63, 3.8) is 0 Å². The van der Waals surface area contributed by atoms with Gasteiger partial charge in [0.05, 0.1) is 6.04 Å². The molecule has 0 radical (unpaired) electrons. The molecule has 0 aliphatic carbocycles. The molecule has 4 unspecified atom stereocenters. The Kier molecular flexibility index (Phi) is 5.86. The van der Waals surface area contributed by atoms with Crippen LogP contribution in [0.15, 0.2) is 18.2 Å². The standard InChI is InChI=1S/C20H25F3N2O3/c1-3-4-12-10-15(14-9-11(2)5-7-16(14)28-12)24-18(26)13-6-8-17(20(21,22)23)25-19(13)27/h5,7,9,12-13,15,17H,3-4,6,8,10H2,1-2H3,(H,24,26)(H,25,27). The number of ether oxygens (including phenoxy) is 1. The lowest BCUT2D eigenvalue weighted by Gasteiger charge is -2.35. The Morgan fingerprint density at radius 1 is 1.32 bits per heavy atom. The van der Waals surface area contributed by atoms with Gasteiger partial charge in [0.25, 0.3) is 0 Å². The van der Waals surface area contributed by atoms with Gasteiger partial charge in [-0.05, 0) is 32.3 Å². The van der Waals surface area contributed by atoms with Gasteiger partial charge >= 0.3 is 6.18 Å². The lowest BCUT2D eigenvalue weighted by atomic mass is 9.90. The van der Waals surface area contributed by atoms with Gasteiger partial charge in [0.2, 0.25) is 11.8 Å². The van der Waals surface area contributed by atoms with Crippen molar-refractivity contribution in [3.05, 3.63) is 29.3 Å². The van der Waals surface area contributed by atoms with E-state index >= 15 is 0 Å². The second-order valence-electron chi connectivity index (χ2n) is 7.60. The number of amides is 2. The summed E-state index contributed by atoms with van der Waals surface area (Å²) in [5.41, 5.74) is 1.85. The van der Waals surface area contributed by atoms with Crippen molar-refractivity contribution in [2.75, 3.05) is 0 Å². The van der Waals surface area contributed by atoms with Gasteiger partial charge in [-0.1, -0.05) is 31.0 Å². The summed E-state index contributed by atoms with van der Waals surface area (Å²) in [6.45, 7) is 3.98. The third-order valence-electron chi connectivity index (χ3n) is 5.35. The summed E-state index contributed by atoms with van der Waals surface area (Å²) in [5, 5.41) is 4.82. The van der Waals surface area contributed by atoms with Gasteiger partial charge in [0.15, 0.2) is 0 Å². The molecule has 28 heavy (non-hydrogen) atoms. The lowest BCUT2D eigenvalue weighted by Crippen LogP contribution is -2.55. The van der Waals surface area contributed by atoms with E-state index in [0.29, 0.717) is 12.2 Å². The highest BCUT2D eigenvalue weighted by molar-refractivity contribution is 6.01. The summed E-state index contributed by atoms with van der Waals surface area (Å²) >= 11 is 0. The Bertz CT molecular complexity index is 751. The molecule has 3 rings (SSSR count). The van der Waals surface area contributed by atoms with E-state index in [2.05, 4.69) is 5.32 Å². The second-order valence-corrected chi connectivity index (χ2v) is 7.60. The van der Waals surface area contributed by atoms with E-state index in [9.17, 15) is 22.8 Å². The maximum absolute atomic E-state index is 12.8. The molecule has 0 saturated carbocycles. The summed E-state index contributed by atoms with van der Waals surface area (Å²) in [7, 11) is 0. The first-order valence-electron chi connectivity index (χ1n) is 9.63. The van der Waals surface area contributed by atoms with Crippen LogP contribution in [-0.2, 0) is 9.59 Å². The molecule has 4 atom stereocenters. The predicted molar refractivity (Wildman–Crippen MR) is 96.7 cm³/mol. The van der Waals surface area contributed by atoms with Crippen molar-refractivity contribution in [1.82, 2.24) is 10.6 Å². The van der Waals surface area contributed by atoms with Gasteiger partial charge in [-0.25, -0.2) is 0 Å². The zero-order valence-electron chi connectivity index (χ0n) is 15.9. The SMILES string of the molecule is CCCC1CC(NC(=O)C2CCC(C(F)(F)F)NC2=O)c2cc(C)ccc2O1. The van der Waals surface area contributed by atoms with E-state index in [1.165, 1.54) is 0 Å². The number of hydrogen-bond acceptors (Lipinski definition) is 3. The van der Waals surface area contributed by atoms with Crippen LogP contribution in [0.2, 0.25) is 0 Å². The number of fused-ring (bicyclic) bond motifs is 1. The summed E-state index contributed by atoms with van der Waals surface area (Å²) in [6, 6.07) is 3.51. The van der Waals surface area contributed by atoms with Crippen LogP contribution in [0.1, 0.15) is 56.2 Å². The monoisotopic (exact) mass is 398 g/mol. The van der Waals surface area contributed by atoms with Gasteiger partial charge in [0.1, 0.15) is 23.8 Å². The molecule has 0 spiro atoms. The molecule has 1 aromatic rings. The number of carbonyl (C=O) groups excluding carboxylic acids is 2. The maximum Gasteiger partial charge on any atom is 0.408 e. The van der Waals surface area contributed by atoms with Crippen LogP contribution in [0, 0.1) is 12.8 Å². The number of carbonyl (C=O) groups is 2. The first-order chi connectivity index (χ1) is 13.2. The van der Waals surface area contributed by atoms with Crippen molar-refractivity contribution in [1.29, 1.82) is 0 Å². The number of alkyl halides is 3. The van der Waals surface area contributed by atoms with Crippen LogP contribution in [0.3, 0.4) is 0 Å². The van der Waals surface area contributed by atoms with Crippen LogP contribution >= 0.6 is 0 Å². The van der Waals surface area contributed by atoms with Crippen LogP contribution in [0.4, 0.5) is 13.2 Å². The fourth-order valence-electron chi connectivity index (χ4n) is 3.88. The fourth-order valence-corrected chi connectivity index (χ4v) is 3.88. The van der Waals surface area contributed by atoms with Crippen LogP contribution < -0.4 is 15.4 Å². The normalized spacial score (nSPS) is 27.4. The second kappa shape index (κ2) is 8.01. The Balaban J connectivity index is 1.73. The van der Waals surface area contributed by atoms with Crippen LogP contribution in [0.25, 0.3) is 0 Å². The summed E-state index contributed by atoms with van der Waals surface area (Å²) in [4.78, 5) is 24.8. The van der Waals surface area contributed by atoms with E-state index in [0.717, 1.165) is 24.0 Å². The van der Waals surface area contributed by atoms with Crippen molar-refractivity contribution >= 4 is 11.8 Å². The molecular weight excluding hydrogens is 373 g/mol. The minimum absolute atomic E-state index is 0.0553. The highest BCUT2D eigenvalue weighted by Gasteiger charge is 2.46. The van der Waals surface area contributed by atoms with Crippen LogP contribution in [0.5, 0.6) is 5.75 Å². The van der Waals surface area contributed by atoms with Crippen molar-refractivity contribution < 1.29 is 27.5 Å².